The Kier molecular flexibility index (Phi) is 10.7. The van der Waals surface area contributed by atoms with Crippen molar-refractivity contribution in [2.75, 3.05) is 26.4 Å². The van der Waals surface area contributed by atoms with E-state index >= 15 is 0 Å². The van der Waals surface area contributed by atoms with Gasteiger partial charge in [0.2, 0.25) is 0 Å². The van der Waals surface area contributed by atoms with E-state index in [1.54, 1.807) is 13.8 Å². The molecule has 0 atom stereocenters. The van der Waals surface area contributed by atoms with Crippen molar-refractivity contribution in [3.05, 3.63) is 59.7 Å². The molecule has 0 saturated carbocycles. The SMILES string of the molecule is C=C(C)C(=O)OCCONC(C)(C)c1cccc(C(C)(C)NOCCOC(=O)C(=C)C)c1. The molecule has 1 rings (SSSR count). The van der Waals surface area contributed by atoms with Crippen LogP contribution in [0.3, 0.4) is 0 Å². The van der Waals surface area contributed by atoms with Gasteiger partial charge in [-0.1, -0.05) is 37.4 Å². The van der Waals surface area contributed by atoms with E-state index in [0.717, 1.165) is 11.1 Å². The number of carbonyl (C=O) groups is 2. The molecule has 0 saturated heterocycles. The van der Waals surface area contributed by atoms with Gasteiger partial charge in [0.25, 0.3) is 0 Å². The predicted octanol–water partition coefficient (Wildman–Crippen LogP) is 3.44. The van der Waals surface area contributed by atoms with E-state index in [1.807, 2.05) is 45.9 Å². The van der Waals surface area contributed by atoms with Crippen LogP contribution < -0.4 is 11.0 Å². The summed E-state index contributed by atoms with van der Waals surface area (Å²) in [5.74, 6) is -0.877. The van der Waals surface area contributed by atoms with Crippen LogP contribution in [0.15, 0.2) is 48.6 Å². The van der Waals surface area contributed by atoms with Crippen LogP contribution in [0.4, 0.5) is 0 Å². The normalized spacial score (nSPS) is 11.7. The molecule has 0 aliphatic rings. The maximum atomic E-state index is 11.4. The summed E-state index contributed by atoms with van der Waals surface area (Å²) in [6, 6.07) is 8.00. The van der Waals surface area contributed by atoms with Crippen molar-refractivity contribution < 1.29 is 28.7 Å². The van der Waals surface area contributed by atoms with E-state index in [9.17, 15) is 9.59 Å². The van der Waals surface area contributed by atoms with Crippen molar-refractivity contribution in [2.45, 2.75) is 52.6 Å². The number of hydrogen-bond donors (Lipinski definition) is 2. The van der Waals surface area contributed by atoms with Crippen molar-refractivity contribution in [1.82, 2.24) is 11.0 Å². The fourth-order valence-electron chi connectivity index (χ4n) is 2.48. The van der Waals surface area contributed by atoms with Crippen LogP contribution in [0.5, 0.6) is 0 Å². The molecule has 32 heavy (non-hydrogen) atoms. The second kappa shape index (κ2) is 12.5. The summed E-state index contributed by atoms with van der Waals surface area (Å²) in [6.45, 7) is 18.9. The largest absolute Gasteiger partial charge is 0.460 e. The molecule has 0 aliphatic carbocycles. The Labute approximate surface area is 190 Å². The van der Waals surface area contributed by atoms with E-state index < -0.39 is 23.0 Å². The minimum Gasteiger partial charge on any atom is -0.460 e. The van der Waals surface area contributed by atoms with Gasteiger partial charge in [0.05, 0.1) is 11.1 Å². The molecule has 0 unspecified atom stereocenters. The maximum absolute atomic E-state index is 11.4. The van der Waals surface area contributed by atoms with Crippen LogP contribution in [0, 0.1) is 0 Å². The topological polar surface area (TPSA) is 95.1 Å². The molecule has 0 spiro atoms. The van der Waals surface area contributed by atoms with E-state index in [4.69, 9.17) is 19.1 Å². The monoisotopic (exact) mass is 448 g/mol. The van der Waals surface area contributed by atoms with Gasteiger partial charge in [-0.05, 0) is 52.7 Å². The Morgan fingerprint density at radius 1 is 0.781 bits per heavy atom. The molecule has 0 fully saturated rings. The second-order valence-electron chi connectivity index (χ2n) is 8.56. The lowest BCUT2D eigenvalue weighted by atomic mass is 9.88. The van der Waals surface area contributed by atoms with E-state index in [0.29, 0.717) is 11.1 Å². The van der Waals surface area contributed by atoms with Gasteiger partial charge in [0.1, 0.15) is 26.4 Å². The van der Waals surface area contributed by atoms with Crippen molar-refractivity contribution in [1.29, 1.82) is 0 Å². The third-order valence-corrected chi connectivity index (χ3v) is 4.49. The smallest absolute Gasteiger partial charge is 0.333 e. The van der Waals surface area contributed by atoms with Gasteiger partial charge in [0, 0.05) is 11.1 Å². The molecule has 0 aliphatic heterocycles. The Morgan fingerprint density at radius 2 is 1.16 bits per heavy atom. The number of esters is 2. The van der Waals surface area contributed by atoms with Crippen LogP contribution in [0.1, 0.15) is 52.7 Å². The third-order valence-electron chi connectivity index (χ3n) is 4.49. The van der Waals surface area contributed by atoms with Gasteiger partial charge in [-0.25, -0.2) is 9.59 Å². The summed E-state index contributed by atoms with van der Waals surface area (Å²) in [6.07, 6.45) is 0. The van der Waals surface area contributed by atoms with Gasteiger partial charge in [-0.3, -0.25) is 9.68 Å². The van der Waals surface area contributed by atoms with E-state index in [2.05, 4.69) is 30.2 Å². The van der Waals surface area contributed by atoms with Crippen LogP contribution in [0.2, 0.25) is 0 Å². The average molecular weight is 449 g/mol. The summed E-state index contributed by atoms with van der Waals surface area (Å²) in [5.41, 5.74) is 7.73. The number of hydrogen-bond acceptors (Lipinski definition) is 8. The Hall–Kier alpha value is -2.52. The molecule has 0 aromatic heterocycles. The zero-order valence-electron chi connectivity index (χ0n) is 20.0. The number of carbonyl (C=O) groups excluding carboxylic acids is 2. The molecule has 2 N–H and O–H groups in total. The van der Waals surface area contributed by atoms with Gasteiger partial charge >= 0.3 is 11.9 Å². The fourth-order valence-corrected chi connectivity index (χ4v) is 2.48. The van der Waals surface area contributed by atoms with Crippen molar-refractivity contribution in [3.63, 3.8) is 0 Å². The third kappa shape index (κ3) is 9.32. The first-order chi connectivity index (χ1) is 14.9. The summed E-state index contributed by atoms with van der Waals surface area (Å²) < 4.78 is 10.0. The molecular formula is C24H36N2O6. The van der Waals surface area contributed by atoms with E-state index in [-0.39, 0.29) is 26.4 Å². The number of ether oxygens (including phenoxy) is 2. The lowest BCUT2D eigenvalue weighted by Gasteiger charge is -2.30. The summed E-state index contributed by atoms with van der Waals surface area (Å²) in [4.78, 5) is 33.8. The highest BCUT2D eigenvalue weighted by atomic mass is 16.7. The average Bonchev–Trinajstić information content (AvgIpc) is 2.72. The molecule has 0 radical (unpaired) electrons. The van der Waals surface area contributed by atoms with Gasteiger partial charge < -0.3 is 9.47 Å². The predicted molar refractivity (Wildman–Crippen MR) is 122 cm³/mol. The number of nitrogens with one attached hydrogen (secondary N) is 2. The standard InChI is InChI=1S/C24H36N2O6/c1-17(2)21(27)29-12-14-31-25-23(5,6)19-10-9-11-20(16-19)24(7,8)26-32-15-13-30-22(28)18(3)4/h9-11,16,25-26H,1,3,12-15H2,2,4-8H3. The zero-order chi connectivity index (χ0) is 24.4. The van der Waals surface area contributed by atoms with Crippen molar-refractivity contribution in [3.8, 4) is 0 Å². The van der Waals surface area contributed by atoms with Crippen LogP contribution in [0.25, 0.3) is 0 Å². The Morgan fingerprint density at radius 3 is 1.50 bits per heavy atom. The highest BCUT2D eigenvalue weighted by molar-refractivity contribution is 5.87. The molecule has 8 heteroatoms. The lowest BCUT2D eigenvalue weighted by molar-refractivity contribution is -0.143. The number of hydroxylamine groups is 2. The molecule has 1 aromatic carbocycles. The minimum atomic E-state index is -0.498. The Balaban J connectivity index is 2.58. The van der Waals surface area contributed by atoms with Crippen LogP contribution in [-0.2, 0) is 39.8 Å². The molecule has 0 heterocycles. The second-order valence-corrected chi connectivity index (χ2v) is 8.56. The summed E-state index contributed by atoms with van der Waals surface area (Å²) in [7, 11) is 0. The maximum Gasteiger partial charge on any atom is 0.333 e. The van der Waals surface area contributed by atoms with Gasteiger partial charge in [0.15, 0.2) is 0 Å². The highest BCUT2D eigenvalue weighted by Gasteiger charge is 2.25. The molecule has 0 amide bonds. The molecule has 8 nitrogen and oxygen atoms in total. The highest BCUT2D eigenvalue weighted by Crippen LogP contribution is 2.26. The quantitative estimate of drug-likeness (QED) is 0.193. The zero-order valence-corrected chi connectivity index (χ0v) is 20.0. The molecule has 1 aromatic rings. The number of rotatable bonds is 14. The van der Waals surface area contributed by atoms with Crippen molar-refractivity contribution >= 4 is 11.9 Å². The van der Waals surface area contributed by atoms with E-state index in [1.165, 1.54) is 0 Å². The molecular weight excluding hydrogens is 412 g/mol. The Bertz CT molecular complexity index is 753. The lowest BCUT2D eigenvalue weighted by Crippen LogP contribution is -2.39. The van der Waals surface area contributed by atoms with Gasteiger partial charge in [-0.2, -0.15) is 11.0 Å². The first kappa shape index (κ1) is 27.5. The molecule has 178 valence electrons. The van der Waals surface area contributed by atoms with Crippen LogP contribution >= 0.6 is 0 Å². The van der Waals surface area contributed by atoms with Crippen LogP contribution in [-0.4, -0.2) is 38.4 Å². The first-order valence-corrected chi connectivity index (χ1v) is 10.4. The summed E-state index contributed by atoms with van der Waals surface area (Å²) >= 11 is 0. The first-order valence-electron chi connectivity index (χ1n) is 10.4. The fraction of sp³-hybridized carbons (Fsp3) is 0.500. The van der Waals surface area contributed by atoms with Gasteiger partial charge in [-0.15, -0.1) is 0 Å². The van der Waals surface area contributed by atoms with Crippen molar-refractivity contribution in [2.24, 2.45) is 0 Å². The number of benzene rings is 1. The minimum absolute atomic E-state index is 0.130. The summed E-state index contributed by atoms with van der Waals surface area (Å²) in [5, 5.41) is 0. The molecule has 0 bridgehead atoms.